The minimum Gasteiger partial charge on any atom is -0.333 e. The van der Waals surface area contributed by atoms with Crippen LogP contribution in [-0.4, -0.2) is 51.8 Å². The number of amides is 1. The Morgan fingerprint density at radius 2 is 2.04 bits per heavy atom. The average Bonchev–Trinajstić information content (AvgIpc) is 3.00. The van der Waals surface area contributed by atoms with E-state index in [0.717, 1.165) is 13.1 Å². The van der Waals surface area contributed by atoms with E-state index >= 15 is 0 Å². The molecule has 0 radical (unpaired) electrons. The molecule has 23 heavy (non-hydrogen) atoms. The Kier molecular flexibility index (Phi) is 4.38. The number of piperazine rings is 1. The number of nitrogens with one attached hydrogen (secondary N) is 1. The Hall–Kier alpha value is -2.28. The van der Waals surface area contributed by atoms with E-state index in [-0.39, 0.29) is 23.5 Å². The summed E-state index contributed by atoms with van der Waals surface area (Å²) in [5.41, 5.74) is 0.570. The minimum atomic E-state index is -0.345. The van der Waals surface area contributed by atoms with E-state index < -0.39 is 0 Å². The molecule has 122 valence electrons. The molecule has 1 fully saturated rings. The molecule has 2 aromatic rings. The topological polar surface area (TPSA) is 63.1 Å². The second kappa shape index (κ2) is 6.45. The van der Waals surface area contributed by atoms with Gasteiger partial charge in [-0.1, -0.05) is 19.9 Å². The third-order valence-electron chi connectivity index (χ3n) is 3.80. The van der Waals surface area contributed by atoms with Gasteiger partial charge in [0.15, 0.2) is 0 Å². The van der Waals surface area contributed by atoms with E-state index in [1.165, 1.54) is 12.1 Å². The van der Waals surface area contributed by atoms with Crippen LogP contribution in [0.1, 0.15) is 36.2 Å². The van der Waals surface area contributed by atoms with Gasteiger partial charge in [-0.15, -0.1) is 5.10 Å². The van der Waals surface area contributed by atoms with E-state index in [0.29, 0.717) is 24.6 Å². The van der Waals surface area contributed by atoms with Gasteiger partial charge in [0, 0.05) is 32.1 Å². The SMILES string of the molecule is CC(C)c1nc(C(=O)N2CCNCC2)nn1-c1cccc(F)c1. The van der Waals surface area contributed by atoms with Gasteiger partial charge in [-0.05, 0) is 18.2 Å². The minimum absolute atomic E-state index is 0.0651. The Bertz CT molecular complexity index is 706. The summed E-state index contributed by atoms with van der Waals surface area (Å²) in [6, 6.07) is 6.14. The van der Waals surface area contributed by atoms with Crippen LogP contribution >= 0.6 is 0 Å². The predicted molar refractivity (Wildman–Crippen MR) is 84.2 cm³/mol. The number of carbonyl (C=O) groups is 1. The zero-order chi connectivity index (χ0) is 16.4. The Morgan fingerprint density at radius 3 is 2.70 bits per heavy atom. The Morgan fingerprint density at radius 1 is 1.30 bits per heavy atom. The molecule has 2 heterocycles. The highest BCUT2D eigenvalue weighted by molar-refractivity contribution is 5.90. The second-order valence-electron chi connectivity index (χ2n) is 5.88. The highest BCUT2D eigenvalue weighted by atomic mass is 19.1. The molecule has 0 saturated carbocycles. The summed E-state index contributed by atoms with van der Waals surface area (Å²) in [6.07, 6.45) is 0. The first-order valence-electron chi connectivity index (χ1n) is 7.79. The number of hydrogen-bond acceptors (Lipinski definition) is 4. The lowest BCUT2D eigenvalue weighted by atomic mass is 10.2. The predicted octanol–water partition coefficient (Wildman–Crippen LogP) is 1.58. The monoisotopic (exact) mass is 317 g/mol. The normalized spacial score (nSPS) is 15.2. The van der Waals surface area contributed by atoms with Gasteiger partial charge in [0.2, 0.25) is 5.82 Å². The average molecular weight is 317 g/mol. The summed E-state index contributed by atoms with van der Waals surface area (Å²) >= 11 is 0. The zero-order valence-corrected chi connectivity index (χ0v) is 13.3. The smallest absolute Gasteiger partial charge is 0.293 e. The maximum atomic E-state index is 13.5. The number of hydrogen-bond donors (Lipinski definition) is 1. The van der Waals surface area contributed by atoms with Gasteiger partial charge in [0.05, 0.1) is 5.69 Å². The first kappa shape index (κ1) is 15.6. The molecule has 1 aliphatic heterocycles. The first-order valence-corrected chi connectivity index (χ1v) is 7.79. The van der Waals surface area contributed by atoms with Crippen LogP contribution in [0.25, 0.3) is 5.69 Å². The summed E-state index contributed by atoms with van der Waals surface area (Å²) < 4.78 is 15.1. The van der Waals surface area contributed by atoms with Crippen LogP contribution < -0.4 is 5.32 Å². The van der Waals surface area contributed by atoms with Gasteiger partial charge in [0.25, 0.3) is 5.91 Å². The molecule has 7 heteroatoms. The number of rotatable bonds is 3. The highest BCUT2D eigenvalue weighted by Crippen LogP contribution is 2.18. The molecule has 1 aliphatic rings. The Labute approximate surface area is 134 Å². The van der Waals surface area contributed by atoms with Gasteiger partial charge < -0.3 is 10.2 Å². The molecule has 3 rings (SSSR count). The van der Waals surface area contributed by atoms with Crippen molar-refractivity contribution in [2.75, 3.05) is 26.2 Å². The lowest BCUT2D eigenvalue weighted by Crippen LogP contribution is -2.46. The van der Waals surface area contributed by atoms with Crippen molar-refractivity contribution < 1.29 is 9.18 Å². The maximum absolute atomic E-state index is 13.5. The van der Waals surface area contributed by atoms with Crippen molar-refractivity contribution in [2.24, 2.45) is 0 Å². The van der Waals surface area contributed by atoms with E-state index in [1.807, 2.05) is 13.8 Å². The highest BCUT2D eigenvalue weighted by Gasteiger charge is 2.24. The first-order chi connectivity index (χ1) is 11.1. The number of benzene rings is 1. The van der Waals surface area contributed by atoms with Crippen LogP contribution in [0.3, 0.4) is 0 Å². The summed E-state index contributed by atoms with van der Waals surface area (Å²) in [6.45, 7) is 6.77. The molecule has 1 aromatic carbocycles. The summed E-state index contributed by atoms with van der Waals surface area (Å²) in [7, 11) is 0. The lowest BCUT2D eigenvalue weighted by Gasteiger charge is -2.26. The van der Waals surface area contributed by atoms with Gasteiger partial charge >= 0.3 is 0 Å². The molecule has 0 aliphatic carbocycles. The molecule has 0 spiro atoms. The summed E-state index contributed by atoms with van der Waals surface area (Å²) in [5.74, 6) is 0.357. The van der Waals surface area contributed by atoms with Gasteiger partial charge in [0.1, 0.15) is 11.6 Å². The number of nitrogens with zero attached hydrogens (tertiary/aromatic N) is 4. The lowest BCUT2D eigenvalue weighted by molar-refractivity contribution is 0.0723. The molecule has 0 unspecified atom stereocenters. The standard InChI is InChI=1S/C16H20FN5O/c1-11(2)15-19-14(16(23)21-8-6-18-7-9-21)20-22(15)13-5-3-4-12(17)10-13/h3-5,10-11,18H,6-9H2,1-2H3. The van der Waals surface area contributed by atoms with E-state index in [4.69, 9.17) is 0 Å². The van der Waals surface area contributed by atoms with Crippen LogP contribution in [-0.2, 0) is 0 Å². The van der Waals surface area contributed by atoms with Crippen molar-refractivity contribution in [1.82, 2.24) is 25.0 Å². The van der Waals surface area contributed by atoms with Crippen molar-refractivity contribution >= 4 is 5.91 Å². The third kappa shape index (κ3) is 3.24. The third-order valence-corrected chi connectivity index (χ3v) is 3.80. The number of carbonyl (C=O) groups excluding carboxylic acids is 1. The fraction of sp³-hybridized carbons (Fsp3) is 0.438. The molecular formula is C16H20FN5O. The second-order valence-corrected chi connectivity index (χ2v) is 5.88. The van der Waals surface area contributed by atoms with Crippen LogP contribution in [0.5, 0.6) is 0 Å². The quantitative estimate of drug-likeness (QED) is 0.933. The number of halogens is 1. The van der Waals surface area contributed by atoms with E-state index in [2.05, 4.69) is 15.4 Å². The largest absolute Gasteiger partial charge is 0.333 e. The molecule has 1 saturated heterocycles. The fourth-order valence-electron chi connectivity index (χ4n) is 2.60. The van der Waals surface area contributed by atoms with Crippen molar-refractivity contribution in [3.05, 3.63) is 41.7 Å². The van der Waals surface area contributed by atoms with Crippen LogP contribution in [0.15, 0.2) is 24.3 Å². The number of aromatic nitrogens is 3. The molecule has 1 aromatic heterocycles. The maximum Gasteiger partial charge on any atom is 0.293 e. The zero-order valence-electron chi connectivity index (χ0n) is 13.3. The molecule has 1 amide bonds. The van der Waals surface area contributed by atoms with Gasteiger partial charge in [-0.2, -0.15) is 0 Å². The fourth-order valence-corrected chi connectivity index (χ4v) is 2.60. The van der Waals surface area contributed by atoms with Crippen LogP contribution in [0.4, 0.5) is 4.39 Å². The van der Waals surface area contributed by atoms with Crippen molar-refractivity contribution in [3.8, 4) is 5.69 Å². The van der Waals surface area contributed by atoms with Crippen molar-refractivity contribution in [3.63, 3.8) is 0 Å². The van der Waals surface area contributed by atoms with Gasteiger partial charge in [-0.3, -0.25) is 4.79 Å². The molecule has 1 N–H and O–H groups in total. The molecule has 0 atom stereocenters. The molecule has 0 bridgehead atoms. The van der Waals surface area contributed by atoms with Crippen LogP contribution in [0.2, 0.25) is 0 Å². The van der Waals surface area contributed by atoms with E-state index in [9.17, 15) is 9.18 Å². The summed E-state index contributed by atoms with van der Waals surface area (Å²) in [4.78, 5) is 18.7. The molecular weight excluding hydrogens is 297 g/mol. The molecule has 6 nitrogen and oxygen atoms in total. The van der Waals surface area contributed by atoms with E-state index in [1.54, 1.807) is 21.7 Å². The van der Waals surface area contributed by atoms with Crippen LogP contribution in [0, 0.1) is 5.82 Å². The summed E-state index contributed by atoms with van der Waals surface area (Å²) in [5, 5.41) is 7.55. The van der Waals surface area contributed by atoms with Crippen molar-refractivity contribution in [2.45, 2.75) is 19.8 Å². The van der Waals surface area contributed by atoms with Crippen molar-refractivity contribution in [1.29, 1.82) is 0 Å². The van der Waals surface area contributed by atoms with Gasteiger partial charge in [-0.25, -0.2) is 14.1 Å². The Balaban J connectivity index is 1.97.